The summed E-state index contributed by atoms with van der Waals surface area (Å²) in [5.74, 6) is -0.471. The van der Waals surface area contributed by atoms with Gasteiger partial charge in [-0.15, -0.1) is 0 Å². The van der Waals surface area contributed by atoms with Crippen LogP contribution in [-0.2, 0) is 24.5 Å². The summed E-state index contributed by atoms with van der Waals surface area (Å²) < 4.78 is 11.2. The molecule has 31 heavy (non-hydrogen) atoms. The van der Waals surface area contributed by atoms with Crippen molar-refractivity contribution in [1.29, 1.82) is 0 Å². The fourth-order valence-electron chi connectivity index (χ4n) is 4.07. The summed E-state index contributed by atoms with van der Waals surface area (Å²) in [7, 11) is 0. The van der Waals surface area contributed by atoms with Gasteiger partial charge in [-0.25, -0.2) is 0 Å². The van der Waals surface area contributed by atoms with Crippen molar-refractivity contribution in [1.82, 2.24) is 10.2 Å². The van der Waals surface area contributed by atoms with Crippen molar-refractivity contribution in [3.8, 4) is 5.75 Å². The fourth-order valence-corrected chi connectivity index (χ4v) is 4.07. The van der Waals surface area contributed by atoms with Gasteiger partial charge in [0.15, 0.2) is 6.61 Å². The Morgan fingerprint density at radius 3 is 2.42 bits per heavy atom. The van der Waals surface area contributed by atoms with Gasteiger partial charge in [-0.3, -0.25) is 14.4 Å². The van der Waals surface area contributed by atoms with E-state index in [1.54, 1.807) is 0 Å². The van der Waals surface area contributed by atoms with Crippen molar-refractivity contribution in [3.05, 3.63) is 29.8 Å². The van der Waals surface area contributed by atoms with Crippen molar-refractivity contribution < 1.29 is 23.9 Å². The summed E-state index contributed by atoms with van der Waals surface area (Å²) in [6, 6.07) is 6.80. The molecule has 3 rings (SSSR count). The molecule has 1 aliphatic carbocycles. The second kappa shape index (κ2) is 10.2. The number of hydrogen-bond acceptors (Lipinski definition) is 5. The van der Waals surface area contributed by atoms with Gasteiger partial charge in [0.2, 0.25) is 5.91 Å². The Morgan fingerprint density at radius 2 is 1.77 bits per heavy atom. The van der Waals surface area contributed by atoms with Gasteiger partial charge in [-0.05, 0) is 48.8 Å². The molecule has 2 aliphatic rings. The molecular weight excluding hydrogens is 396 g/mol. The highest BCUT2D eigenvalue weighted by atomic mass is 16.5. The van der Waals surface area contributed by atoms with Gasteiger partial charge in [0.05, 0.1) is 6.42 Å². The molecule has 1 N–H and O–H groups in total. The van der Waals surface area contributed by atoms with Gasteiger partial charge in [0.1, 0.15) is 17.9 Å². The van der Waals surface area contributed by atoms with Crippen LogP contribution in [0, 0.1) is 0 Å². The molecule has 7 nitrogen and oxygen atoms in total. The maximum atomic E-state index is 12.8. The summed E-state index contributed by atoms with van der Waals surface area (Å²) in [6.07, 6.45) is 4.81. The number of benzene rings is 1. The minimum Gasteiger partial charge on any atom is -0.484 e. The SMILES string of the molecule is CC(C)(C)c1ccc(OCC(=O)N2CCNC(=O)C2CC(=O)OC2CCCCC2)cc1. The molecule has 1 unspecified atom stereocenters. The summed E-state index contributed by atoms with van der Waals surface area (Å²) in [4.78, 5) is 39.0. The third kappa shape index (κ3) is 6.45. The number of amides is 2. The molecule has 1 aliphatic heterocycles. The Hall–Kier alpha value is -2.57. The van der Waals surface area contributed by atoms with Crippen molar-refractivity contribution in [3.63, 3.8) is 0 Å². The molecule has 1 atom stereocenters. The number of carbonyl (C=O) groups excluding carboxylic acids is 3. The maximum absolute atomic E-state index is 12.8. The number of esters is 1. The van der Waals surface area contributed by atoms with Gasteiger partial charge < -0.3 is 19.7 Å². The molecular formula is C24H34N2O5. The van der Waals surface area contributed by atoms with E-state index in [1.807, 2.05) is 24.3 Å². The number of nitrogens with one attached hydrogen (secondary N) is 1. The second-order valence-electron chi connectivity index (χ2n) is 9.41. The van der Waals surface area contributed by atoms with Crippen molar-refractivity contribution in [2.45, 2.75) is 76.9 Å². The molecule has 170 valence electrons. The quantitative estimate of drug-likeness (QED) is 0.702. The first-order chi connectivity index (χ1) is 14.7. The van der Waals surface area contributed by atoms with E-state index in [-0.39, 0.29) is 36.4 Å². The molecule has 0 spiro atoms. The zero-order chi connectivity index (χ0) is 22.4. The normalized spacial score (nSPS) is 20.2. The van der Waals surface area contributed by atoms with Crippen LogP contribution in [0.15, 0.2) is 24.3 Å². The number of rotatable bonds is 6. The molecule has 2 fully saturated rings. The second-order valence-corrected chi connectivity index (χ2v) is 9.41. The van der Waals surface area contributed by atoms with E-state index < -0.39 is 12.0 Å². The van der Waals surface area contributed by atoms with Crippen LogP contribution in [0.25, 0.3) is 0 Å². The van der Waals surface area contributed by atoms with Crippen LogP contribution >= 0.6 is 0 Å². The zero-order valence-corrected chi connectivity index (χ0v) is 18.8. The molecule has 0 bridgehead atoms. The number of hydrogen-bond donors (Lipinski definition) is 1. The molecule has 1 saturated heterocycles. The first-order valence-electron chi connectivity index (χ1n) is 11.2. The third-order valence-corrected chi connectivity index (χ3v) is 5.94. The largest absolute Gasteiger partial charge is 0.484 e. The van der Waals surface area contributed by atoms with Crippen LogP contribution in [0.5, 0.6) is 5.75 Å². The monoisotopic (exact) mass is 430 g/mol. The van der Waals surface area contributed by atoms with Crippen molar-refractivity contribution >= 4 is 17.8 Å². The fraction of sp³-hybridized carbons (Fsp3) is 0.625. The number of piperazine rings is 1. The summed E-state index contributed by atoms with van der Waals surface area (Å²) in [6.45, 7) is 6.92. The van der Waals surface area contributed by atoms with E-state index >= 15 is 0 Å². The lowest BCUT2D eigenvalue weighted by Crippen LogP contribution is -2.58. The smallest absolute Gasteiger partial charge is 0.308 e. The van der Waals surface area contributed by atoms with Crippen LogP contribution in [0.1, 0.15) is 64.9 Å². The van der Waals surface area contributed by atoms with Gasteiger partial charge in [-0.2, -0.15) is 0 Å². The van der Waals surface area contributed by atoms with E-state index in [1.165, 1.54) is 16.9 Å². The minimum absolute atomic E-state index is 0.0367. The molecule has 2 amide bonds. The lowest BCUT2D eigenvalue weighted by atomic mass is 9.87. The Labute approximate surface area is 184 Å². The highest BCUT2D eigenvalue weighted by molar-refractivity contribution is 5.92. The molecule has 0 aromatic heterocycles. The number of nitrogens with zero attached hydrogens (tertiary/aromatic N) is 1. The minimum atomic E-state index is -0.857. The lowest BCUT2D eigenvalue weighted by molar-refractivity contribution is -0.156. The first-order valence-corrected chi connectivity index (χ1v) is 11.2. The highest BCUT2D eigenvalue weighted by Crippen LogP contribution is 2.24. The molecule has 1 saturated carbocycles. The van der Waals surface area contributed by atoms with E-state index in [0.717, 1.165) is 25.7 Å². The van der Waals surface area contributed by atoms with Gasteiger partial charge in [0, 0.05) is 13.1 Å². The Morgan fingerprint density at radius 1 is 1.10 bits per heavy atom. The van der Waals surface area contributed by atoms with Crippen molar-refractivity contribution in [2.75, 3.05) is 19.7 Å². The van der Waals surface area contributed by atoms with Crippen LogP contribution in [0.4, 0.5) is 0 Å². The summed E-state index contributed by atoms with van der Waals surface area (Å²) in [5, 5.41) is 2.74. The zero-order valence-electron chi connectivity index (χ0n) is 18.8. The van der Waals surface area contributed by atoms with Crippen LogP contribution < -0.4 is 10.1 Å². The summed E-state index contributed by atoms with van der Waals surface area (Å²) in [5.41, 5.74) is 1.21. The molecule has 1 heterocycles. The highest BCUT2D eigenvalue weighted by Gasteiger charge is 2.36. The molecule has 0 radical (unpaired) electrons. The average Bonchev–Trinajstić information content (AvgIpc) is 2.74. The van der Waals surface area contributed by atoms with E-state index in [4.69, 9.17) is 9.47 Å². The predicted octanol–water partition coefficient (Wildman–Crippen LogP) is 2.96. The Kier molecular flexibility index (Phi) is 7.57. The van der Waals surface area contributed by atoms with Crippen molar-refractivity contribution in [2.24, 2.45) is 0 Å². The first kappa shape index (κ1) is 23.1. The predicted molar refractivity (Wildman–Crippen MR) is 117 cm³/mol. The van der Waals surface area contributed by atoms with E-state index in [0.29, 0.717) is 18.8 Å². The number of ether oxygens (including phenoxy) is 2. The van der Waals surface area contributed by atoms with E-state index in [9.17, 15) is 14.4 Å². The van der Waals surface area contributed by atoms with Gasteiger partial charge in [0.25, 0.3) is 5.91 Å². The topological polar surface area (TPSA) is 84.9 Å². The third-order valence-electron chi connectivity index (χ3n) is 5.94. The average molecular weight is 431 g/mol. The standard InChI is InChI=1S/C24H34N2O5/c1-24(2,3)17-9-11-18(12-10-17)30-16-21(27)26-14-13-25-23(29)20(26)15-22(28)31-19-7-5-4-6-8-19/h9-12,19-20H,4-8,13-16H2,1-3H3,(H,25,29). The molecule has 1 aromatic rings. The molecule has 7 heteroatoms. The van der Waals surface area contributed by atoms with Gasteiger partial charge in [-0.1, -0.05) is 39.3 Å². The molecule has 1 aromatic carbocycles. The number of carbonyl (C=O) groups is 3. The summed E-state index contributed by atoms with van der Waals surface area (Å²) >= 11 is 0. The lowest BCUT2D eigenvalue weighted by Gasteiger charge is -2.34. The van der Waals surface area contributed by atoms with Crippen LogP contribution in [0.3, 0.4) is 0 Å². The van der Waals surface area contributed by atoms with Crippen LogP contribution in [-0.4, -0.2) is 54.5 Å². The van der Waals surface area contributed by atoms with Gasteiger partial charge >= 0.3 is 5.97 Å². The Bertz CT molecular complexity index is 778. The van der Waals surface area contributed by atoms with E-state index in [2.05, 4.69) is 26.1 Å². The van der Waals surface area contributed by atoms with Crippen LogP contribution in [0.2, 0.25) is 0 Å². The maximum Gasteiger partial charge on any atom is 0.308 e. The Balaban J connectivity index is 1.56.